The number of anilines is 1. The van der Waals surface area contributed by atoms with E-state index in [2.05, 4.69) is 5.32 Å². The minimum Gasteiger partial charge on any atom is -0.455 e. The van der Waals surface area contributed by atoms with Crippen LogP contribution < -0.4 is 5.32 Å². The minimum atomic E-state index is -4.61. The third kappa shape index (κ3) is 4.14. The van der Waals surface area contributed by atoms with Crippen LogP contribution in [0.15, 0.2) is 48.5 Å². The fraction of sp³-hybridized carbons (Fsp3) is 0.300. The molecular formula is C20H17ClF3NO3. The summed E-state index contributed by atoms with van der Waals surface area (Å²) in [5.41, 5.74) is -1.44. The largest absolute Gasteiger partial charge is 0.455 e. The SMILES string of the molecule is O=C(COC(=O)C1(c2ccc(Cl)cc2)CCC1)Nc1ccccc1C(F)(F)F. The van der Waals surface area contributed by atoms with Crippen LogP contribution in [-0.4, -0.2) is 18.5 Å². The first-order valence-electron chi connectivity index (χ1n) is 8.62. The number of alkyl halides is 3. The summed E-state index contributed by atoms with van der Waals surface area (Å²) in [6, 6.07) is 11.4. The zero-order valence-corrected chi connectivity index (χ0v) is 15.4. The van der Waals surface area contributed by atoms with E-state index in [1.807, 2.05) is 0 Å². The summed E-state index contributed by atoms with van der Waals surface area (Å²) in [6.45, 7) is -0.666. The lowest BCUT2D eigenvalue weighted by molar-refractivity contribution is -0.157. The van der Waals surface area contributed by atoms with Crippen molar-refractivity contribution in [3.8, 4) is 0 Å². The molecule has 1 aliphatic rings. The van der Waals surface area contributed by atoms with Gasteiger partial charge in [-0.05, 0) is 42.7 Å². The number of nitrogens with one attached hydrogen (secondary N) is 1. The Kier molecular flexibility index (Phi) is 5.65. The number of halogens is 4. The Morgan fingerprint density at radius 1 is 1.07 bits per heavy atom. The Hall–Kier alpha value is -2.54. The zero-order chi connectivity index (χ0) is 20.4. The van der Waals surface area contributed by atoms with E-state index in [1.165, 1.54) is 12.1 Å². The first-order chi connectivity index (χ1) is 13.2. The molecule has 4 nitrogen and oxygen atoms in total. The lowest BCUT2D eigenvalue weighted by Crippen LogP contribution is -2.44. The van der Waals surface area contributed by atoms with E-state index in [-0.39, 0.29) is 5.69 Å². The Morgan fingerprint density at radius 2 is 1.71 bits per heavy atom. The maximum absolute atomic E-state index is 13.0. The highest BCUT2D eigenvalue weighted by atomic mass is 35.5. The molecule has 2 aromatic carbocycles. The van der Waals surface area contributed by atoms with Gasteiger partial charge in [-0.3, -0.25) is 9.59 Å². The van der Waals surface area contributed by atoms with Gasteiger partial charge in [0.1, 0.15) is 0 Å². The molecule has 0 saturated heterocycles. The van der Waals surface area contributed by atoms with Crippen LogP contribution in [0.25, 0.3) is 0 Å². The van der Waals surface area contributed by atoms with E-state index in [4.69, 9.17) is 16.3 Å². The molecule has 0 radical (unpaired) electrons. The van der Waals surface area contributed by atoms with Gasteiger partial charge in [0, 0.05) is 5.02 Å². The molecule has 28 heavy (non-hydrogen) atoms. The molecule has 8 heteroatoms. The molecule has 0 spiro atoms. The number of hydrogen-bond acceptors (Lipinski definition) is 3. The van der Waals surface area contributed by atoms with Crippen LogP contribution in [-0.2, 0) is 25.9 Å². The molecule has 0 heterocycles. The number of para-hydroxylation sites is 1. The van der Waals surface area contributed by atoms with E-state index < -0.39 is 35.6 Å². The molecular weight excluding hydrogens is 395 g/mol. The van der Waals surface area contributed by atoms with Crippen LogP contribution in [0.4, 0.5) is 18.9 Å². The topological polar surface area (TPSA) is 55.4 Å². The highest BCUT2D eigenvalue weighted by molar-refractivity contribution is 6.30. The second-order valence-corrected chi connectivity index (χ2v) is 7.05. The van der Waals surface area contributed by atoms with Gasteiger partial charge < -0.3 is 10.1 Å². The van der Waals surface area contributed by atoms with Crippen molar-refractivity contribution in [2.75, 3.05) is 11.9 Å². The average molecular weight is 412 g/mol. The van der Waals surface area contributed by atoms with E-state index in [9.17, 15) is 22.8 Å². The Balaban J connectivity index is 1.65. The van der Waals surface area contributed by atoms with Crippen molar-refractivity contribution in [3.63, 3.8) is 0 Å². The van der Waals surface area contributed by atoms with Gasteiger partial charge in [0.25, 0.3) is 5.91 Å². The second-order valence-electron chi connectivity index (χ2n) is 6.61. The van der Waals surface area contributed by atoms with Crippen molar-refractivity contribution in [1.29, 1.82) is 0 Å². The van der Waals surface area contributed by atoms with Crippen molar-refractivity contribution in [3.05, 3.63) is 64.7 Å². The van der Waals surface area contributed by atoms with Crippen molar-refractivity contribution in [2.45, 2.75) is 30.9 Å². The summed E-state index contributed by atoms with van der Waals surface area (Å²) in [7, 11) is 0. The molecule has 1 fully saturated rings. The summed E-state index contributed by atoms with van der Waals surface area (Å²) in [6.07, 6.45) is -2.62. The van der Waals surface area contributed by atoms with Gasteiger partial charge in [0.15, 0.2) is 6.61 Å². The van der Waals surface area contributed by atoms with Gasteiger partial charge in [-0.25, -0.2) is 0 Å². The standard InChI is InChI=1S/C20H17ClF3NO3/c21-14-8-6-13(7-9-14)19(10-3-11-19)18(27)28-12-17(26)25-16-5-2-1-4-15(16)20(22,23)24/h1-2,4-9H,3,10-12H2,(H,25,26). The van der Waals surface area contributed by atoms with Crippen LogP contribution in [0.1, 0.15) is 30.4 Å². The summed E-state index contributed by atoms with van der Waals surface area (Å²) < 4.78 is 44.1. The first kappa shape index (κ1) is 20.2. The molecule has 0 unspecified atom stereocenters. The van der Waals surface area contributed by atoms with Gasteiger partial charge in [0.2, 0.25) is 0 Å². The normalized spacial score (nSPS) is 15.4. The second kappa shape index (κ2) is 7.83. The van der Waals surface area contributed by atoms with Crippen molar-refractivity contribution in [1.82, 2.24) is 0 Å². The molecule has 1 saturated carbocycles. The minimum absolute atomic E-state index is 0.382. The molecule has 1 amide bonds. The average Bonchev–Trinajstić information content (AvgIpc) is 2.60. The molecule has 2 aromatic rings. The number of benzene rings is 2. The molecule has 3 rings (SSSR count). The predicted molar refractivity (Wildman–Crippen MR) is 98.0 cm³/mol. The number of esters is 1. The molecule has 1 aliphatic carbocycles. The number of carbonyl (C=O) groups excluding carboxylic acids is 2. The first-order valence-corrected chi connectivity index (χ1v) is 8.99. The lowest BCUT2D eigenvalue weighted by atomic mass is 9.64. The lowest BCUT2D eigenvalue weighted by Gasteiger charge is -2.39. The number of carbonyl (C=O) groups is 2. The molecule has 1 N–H and O–H groups in total. The van der Waals surface area contributed by atoms with E-state index >= 15 is 0 Å². The molecule has 0 atom stereocenters. The predicted octanol–water partition coefficient (Wildman–Crippen LogP) is 4.96. The summed E-state index contributed by atoms with van der Waals surface area (Å²) in [5, 5.41) is 2.69. The number of hydrogen-bond donors (Lipinski definition) is 1. The highest BCUT2D eigenvalue weighted by Gasteiger charge is 2.47. The third-order valence-corrected chi connectivity index (χ3v) is 5.09. The fourth-order valence-electron chi connectivity index (χ4n) is 3.20. The quantitative estimate of drug-likeness (QED) is 0.707. The molecule has 0 aliphatic heterocycles. The number of rotatable bonds is 5. The Morgan fingerprint density at radius 3 is 2.29 bits per heavy atom. The van der Waals surface area contributed by atoms with E-state index in [1.54, 1.807) is 24.3 Å². The Bertz CT molecular complexity index is 877. The molecule has 0 aromatic heterocycles. The van der Waals surface area contributed by atoms with Gasteiger partial charge in [0.05, 0.1) is 16.7 Å². The highest BCUT2D eigenvalue weighted by Crippen LogP contribution is 2.45. The van der Waals surface area contributed by atoms with Gasteiger partial charge in [-0.1, -0.05) is 42.3 Å². The van der Waals surface area contributed by atoms with Gasteiger partial charge in [-0.2, -0.15) is 13.2 Å². The van der Waals surface area contributed by atoms with Crippen molar-refractivity contribution in [2.24, 2.45) is 0 Å². The van der Waals surface area contributed by atoms with Crippen LogP contribution >= 0.6 is 11.6 Å². The third-order valence-electron chi connectivity index (χ3n) is 4.84. The fourth-order valence-corrected chi connectivity index (χ4v) is 3.33. The van der Waals surface area contributed by atoms with Gasteiger partial charge >= 0.3 is 12.1 Å². The number of amides is 1. The number of ether oxygens (including phenoxy) is 1. The molecule has 148 valence electrons. The van der Waals surface area contributed by atoms with Crippen molar-refractivity contribution >= 4 is 29.2 Å². The maximum Gasteiger partial charge on any atom is 0.418 e. The maximum atomic E-state index is 13.0. The monoisotopic (exact) mass is 411 g/mol. The smallest absolute Gasteiger partial charge is 0.418 e. The summed E-state index contributed by atoms with van der Waals surface area (Å²) in [4.78, 5) is 24.6. The van der Waals surface area contributed by atoms with Crippen LogP contribution in [0.5, 0.6) is 0 Å². The van der Waals surface area contributed by atoms with E-state index in [0.717, 1.165) is 24.1 Å². The van der Waals surface area contributed by atoms with Crippen LogP contribution in [0.3, 0.4) is 0 Å². The summed E-state index contributed by atoms with van der Waals surface area (Å²) in [5.74, 6) is -1.41. The van der Waals surface area contributed by atoms with E-state index in [0.29, 0.717) is 17.9 Å². The molecule has 0 bridgehead atoms. The zero-order valence-electron chi connectivity index (χ0n) is 14.7. The van der Waals surface area contributed by atoms with Crippen LogP contribution in [0, 0.1) is 0 Å². The Labute approximate surface area is 164 Å². The van der Waals surface area contributed by atoms with Crippen molar-refractivity contribution < 1.29 is 27.5 Å². The van der Waals surface area contributed by atoms with Crippen LogP contribution in [0.2, 0.25) is 5.02 Å². The summed E-state index contributed by atoms with van der Waals surface area (Å²) >= 11 is 5.88. The van der Waals surface area contributed by atoms with Gasteiger partial charge in [-0.15, -0.1) is 0 Å².